The van der Waals surface area contributed by atoms with Crippen molar-refractivity contribution < 1.29 is 22.3 Å². The molecule has 34 heavy (non-hydrogen) atoms. The van der Waals surface area contributed by atoms with Gasteiger partial charge in [0.1, 0.15) is 11.6 Å². The number of hydrogen-bond acceptors (Lipinski definition) is 4. The third kappa shape index (κ3) is 4.07. The molecule has 0 spiro atoms. The van der Waals surface area contributed by atoms with Crippen LogP contribution in [0.25, 0.3) is 0 Å². The highest BCUT2D eigenvalue weighted by molar-refractivity contribution is 7.89. The smallest absolute Gasteiger partial charge is 0.243 e. The first-order chi connectivity index (χ1) is 16.4. The van der Waals surface area contributed by atoms with Crippen LogP contribution < -0.4 is 5.32 Å². The third-order valence-electron chi connectivity index (χ3n) is 6.40. The zero-order valence-corrected chi connectivity index (χ0v) is 18.9. The largest absolute Gasteiger partial charge is 0.394 e. The van der Waals surface area contributed by atoms with Gasteiger partial charge in [-0.05, 0) is 66.6 Å². The van der Waals surface area contributed by atoms with Crippen molar-refractivity contribution in [2.75, 3.05) is 18.5 Å². The molecule has 3 aromatic rings. The molecule has 2 aliphatic rings. The molecular weight excluding hydrogens is 458 g/mol. The molecule has 5 nitrogen and oxygen atoms in total. The molecule has 0 radical (unpaired) electrons. The topological polar surface area (TPSA) is 69.6 Å². The Hall–Kier alpha value is -3.25. The van der Waals surface area contributed by atoms with E-state index in [2.05, 4.69) is 17.2 Å². The predicted octanol–water partition coefficient (Wildman–Crippen LogP) is 3.90. The van der Waals surface area contributed by atoms with Gasteiger partial charge in [-0.25, -0.2) is 17.2 Å². The number of nitrogens with one attached hydrogen (secondary N) is 1. The van der Waals surface area contributed by atoms with Crippen molar-refractivity contribution in [2.24, 2.45) is 5.92 Å². The van der Waals surface area contributed by atoms with E-state index >= 15 is 0 Å². The fourth-order valence-electron chi connectivity index (χ4n) is 4.84. The summed E-state index contributed by atoms with van der Waals surface area (Å²) in [6.45, 7) is 0.112. The standard InChI is InChI=1S/C26H22F2N2O3S/c27-19-4-1-3-17(13-19)7-8-18-9-10-24-23(14-18)26-22(25(16-31)29-24)11-12-30(26)34(32,33)21-6-2-5-20(28)15-21/h1-6,9-10,13-15,22,25-26,29,31H,11-12,16H2/t22-,25-,26-/m1/s1. The quantitative estimate of drug-likeness (QED) is 0.558. The van der Waals surface area contributed by atoms with E-state index in [1.54, 1.807) is 18.2 Å². The highest BCUT2D eigenvalue weighted by Gasteiger charge is 2.48. The van der Waals surface area contributed by atoms with Gasteiger partial charge in [-0.1, -0.05) is 24.0 Å². The zero-order valence-electron chi connectivity index (χ0n) is 18.1. The van der Waals surface area contributed by atoms with E-state index in [1.807, 2.05) is 12.1 Å². The number of sulfonamides is 1. The Bertz CT molecular complexity index is 1410. The van der Waals surface area contributed by atoms with Gasteiger partial charge in [0.05, 0.1) is 23.6 Å². The van der Waals surface area contributed by atoms with Gasteiger partial charge in [-0.15, -0.1) is 0 Å². The SMILES string of the molecule is O=S(=O)(c1cccc(F)c1)N1CC[C@@H]2[C@@H](CO)Nc3ccc(C#Cc4cccc(F)c4)cc3[C@@H]21. The predicted molar refractivity (Wildman–Crippen MR) is 124 cm³/mol. The van der Waals surface area contributed by atoms with Crippen LogP contribution in [0, 0.1) is 29.4 Å². The van der Waals surface area contributed by atoms with Gasteiger partial charge in [0, 0.05) is 29.3 Å². The lowest BCUT2D eigenvalue weighted by atomic mass is 9.83. The minimum Gasteiger partial charge on any atom is -0.394 e. The molecule has 1 saturated heterocycles. The van der Waals surface area contributed by atoms with Crippen LogP contribution in [0.4, 0.5) is 14.5 Å². The summed E-state index contributed by atoms with van der Waals surface area (Å²) in [6.07, 6.45) is 0.552. The summed E-state index contributed by atoms with van der Waals surface area (Å²) in [5.74, 6) is 4.81. The molecule has 174 valence electrons. The first-order valence-electron chi connectivity index (χ1n) is 10.9. The molecule has 3 atom stereocenters. The van der Waals surface area contributed by atoms with Crippen molar-refractivity contribution >= 4 is 15.7 Å². The molecule has 0 aromatic heterocycles. The van der Waals surface area contributed by atoms with Crippen LogP contribution in [-0.2, 0) is 10.0 Å². The Labute approximate surface area is 197 Å². The van der Waals surface area contributed by atoms with Gasteiger partial charge in [-0.3, -0.25) is 0 Å². The maximum absolute atomic E-state index is 13.8. The van der Waals surface area contributed by atoms with Gasteiger partial charge >= 0.3 is 0 Å². The number of halogens is 2. The van der Waals surface area contributed by atoms with Gasteiger partial charge in [0.25, 0.3) is 0 Å². The number of anilines is 1. The van der Waals surface area contributed by atoms with E-state index in [1.165, 1.54) is 34.6 Å². The van der Waals surface area contributed by atoms with Crippen LogP contribution in [0.2, 0.25) is 0 Å². The molecule has 8 heteroatoms. The molecule has 0 bridgehead atoms. The number of nitrogens with zero attached hydrogens (tertiary/aromatic N) is 1. The lowest BCUT2D eigenvalue weighted by Gasteiger charge is -2.38. The maximum Gasteiger partial charge on any atom is 0.243 e. The van der Waals surface area contributed by atoms with E-state index in [0.717, 1.165) is 17.3 Å². The molecule has 1 fully saturated rings. The maximum atomic E-state index is 13.8. The Balaban J connectivity index is 1.56. The van der Waals surface area contributed by atoms with Crippen molar-refractivity contribution in [3.8, 4) is 11.8 Å². The minimum absolute atomic E-state index is 0.101. The molecule has 2 aliphatic heterocycles. The fraction of sp³-hybridized carbons (Fsp3) is 0.231. The molecular formula is C26H22F2N2O3S. The number of rotatable bonds is 3. The Morgan fingerprint density at radius 1 is 0.971 bits per heavy atom. The van der Waals surface area contributed by atoms with E-state index in [9.17, 15) is 22.3 Å². The lowest BCUT2D eigenvalue weighted by Crippen LogP contribution is -2.42. The van der Waals surface area contributed by atoms with Crippen LogP contribution in [0.1, 0.15) is 29.2 Å². The zero-order chi connectivity index (χ0) is 23.9. The number of aliphatic hydroxyl groups excluding tert-OH is 1. The van der Waals surface area contributed by atoms with Crippen LogP contribution in [0.15, 0.2) is 71.6 Å². The summed E-state index contributed by atoms with van der Waals surface area (Å²) in [6, 6.07) is 15.6. The molecule has 3 aromatic carbocycles. The normalized spacial score (nSPS) is 21.7. The van der Waals surface area contributed by atoms with Crippen LogP contribution in [0.5, 0.6) is 0 Å². The summed E-state index contributed by atoms with van der Waals surface area (Å²) < 4.78 is 55.7. The Morgan fingerprint density at radius 2 is 1.68 bits per heavy atom. The third-order valence-corrected chi connectivity index (χ3v) is 8.28. The van der Waals surface area contributed by atoms with E-state index < -0.39 is 21.9 Å². The monoisotopic (exact) mass is 480 g/mol. The molecule has 0 saturated carbocycles. The molecule has 0 unspecified atom stereocenters. The van der Waals surface area contributed by atoms with E-state index in [0.29, 0.717) is 17.5 Å². The van der Waals surface area contributed by atoms with Gasteiger partial charge in [0.15, 0.2) is 0 Å². The Morgan fingerprint density at radius 3 is 2.38 bits per heavy atom. The van der Waals surface area contributed by atoms with E-state index in [-0.39, 0.29) is 35.8 Å². The molecule has 0 aliphatic carbocycles. The molecule has 0 amide bonds. The first kappa shape index (κ1) is 22.5. The van der Waals surface area contributed by atoms with Crippen molar-refractivity contribution in [2.45, 2.75) is 23.4 Å². The van der Waals surface area contributed by atoms with Gasteiger partial charge < -0.3 is 10.4 Å². The second kappa shape index (κ2) is 8.84. The van der Waals surface area contributed by atoms with Crippen molar-refractivity contribution in [1.82, 2.24) is 4.31 Å². The van der Waals surface area contributed by atoms with Crippen molar-refractivity contribution in [1.29, 1.82) is 0 Å². The van der Waals surface area contributed by atoms with Crippen LogP contribution in [-0.4, -0.2) is 37.0 Å². The average molecular weight is 481 g/mol. The molecule has 2 heterocycles. The lowest BCUT2D eigenvalue weighted by molar-refractivity contribution is 0.210. The average Bonchev–Trinajstić information content (AvgIpc) is 3.29. The first-order valence-corrected chi connectivity index (χ1v) is 12.4. The highest BCUT2D eigenvalue weighted by Crippen LogP contribution is 2.48. The number of aliphatic hydroxyl groups is 1. The number of fused-ring (bicyclic) bond motifs is 3. The van der Waals surface area contributed by atoms with Crippen LogP contribution in [0.3, 0.4) is 0 Å². The Kier molecular flexibility index (Phi) is 5.86. The van der Waals surface area contributed by atoms with Gasteiger partial charge in [-0.2, -0.15) is 4.31 Å². The summed E-state index contributed by atoms with van der Waals surface area (Å²) in [4.78, 5) is -0.101. The van der Waals surface area contributed by atoms with Crippen molar-refractivity contribution in [3.05, 3.63) is 95.1 Å². The summed E-state index contributed by atoms with van der Waals surface area (Å²) in [5.41, 5.74) is 2.66. The summed E-state index contributed by atoms with van der Waals surface area (Å²) >= 11 is 0. The van der Waals surface area contributed by atoms with Crippen LogP contribution >= 0.6 is 0 Å². The fourth-order valence-corrected chi connectivity index (χ4v) is 6.54. The second-order valence-corrected chi connectivity index (χ2v) is 10.4. The molecule has 5 rings (SSSR count). The van der Waals surface area contributed by atoms with Gasteiger partial charge in [0.2, 0.25) is 10.0 Å². The van der Waals surface area contributed by atoms with E-state index in [4.69, 9.17) is 0 Å². The summed E-state index contributed by atoms with van der Waals surface area (Å²) in [5, 5.41) is 13.3. The number of hydrogen-bond donors (Lipinski definition) is 2. The van der Waals surface area contributed by atoms with Crippen molar-refractivity contribution in [3.63, 3.8) is 0 Å². The number of benzene rings is 3. The molecule has 2 N–H and O–H groups in total. The minimum atomic E-state index is -3.97. The summed E-state index contributed by atoms with van der Waals surface area (Å²) in [7, 11) is -3.97. The second-order valence-electron chi connectivity index (χ2n) is 8.47. The highest BCUT2D eigenvalue weighted by atomic mass is 32.2.